The van der Waals surface area contributed by atoms with Crippen molar-refractivity contribution >= 4 is 10.2 Å². The van der Waals surface area contributed by atoms with Crippen molar-refractivity contribution in [2.75, 3.05) is 26.8 Å². The summed E-state index contributed by atoms with van der Waals surface area (Å²) in [7, 11) is 3.07. The number of aliphatic hydroxyl groups is 1. The Morgan fingerprint density at radius 3 is 2.91 bits per heavy atom. The van der Waals surface area contributed by atoms with Crippen molar-refractivity contribution in [1.82, 2.24) is 5.32 Å². The van der Waals surface area contributed by atoms with Crippen LogP contribution in [0.2, 0.25) is 6.04 Å². The van der Waals surface area contributed by atoms with Gasteiger partial charge in [-0.15, -0.1) is 0 Å². The first-order valence-corrected chi connectivity index (χ1v) is 5.63. The molecule has 0 spiro atoms. The zero-order valence-corrected chi connectivity index (χ0v) is 9.47. The summed E-state index contributed by atoms with van der Waals surface area (Å²) in [5.41, 5.74) is 0. The summed E-state index contributed by atoms with van der Waals surface area (Å²) < 4.78 is 5.22. The Morgan fingerprint density at radius 1 is 1.64 bits per heavy atom. The molecule has 0 saturated heterocycles. The van der Waals surface area contributed by atoms with Crippen LogP contribution >= 0.6 is 0 Å². The monoisotopic (exact) mass is 177 g/mol. The van der Waals surface area contributed by atoms with Crippen LogP contribution in [0.25, 0.3) is 0 Å². The summed E-state index contributed by atoms with van der Waals surface area (Å²) in [6, 6.07) is 1.28. The Balaban J connectivity index is 2.97. The highest BCUT2D eigenvalue weighted by Crippen LogP contribution is 1.88. The van der Waals surface area contributed by atoms with E-state index >= 15 is 0 Å². The van der Waals surface area contributed by atoms with Crippen LogP contribution in [-0.4, -0.2) is 48.3 Å². The molecular weight excluding hydrogens is 158 g/mol. The van der Waals surface area contributed by atoms with E-state index in [0.29, 0.717) is 13.2 Å². The summed E-state index contributed by atoms with van der Waals surface area (Å²) in [6.45, 7) is 1.87. The number of likely N-dealkylation sites (N-methyl/N-ethyl adjacent to an activating group) is 1. The van der Waals surface area contributed by atoms with E-state index in [2.05, 4.69) is 5.32 Å². The minimum Gasteiger partial charge on any atom is -0.389 e. The van der Waals surface area contributed by atoms with E-state index in [-0.39, 0.29) is 6.10 Å². The third-order valence-corrected chi connectivity index (χ3v) is 2.10. The first-order chi connectivity index (χ1) is 5.31. The minimum absolute atomic E-state index is 0.353. The van der Waals surface area contributed by atoms with Crippen LogP contribution in [0.1, 0.15) is 6.42 Å². The van der Waals surface area contributed by atoms with Crippen molar-refractivity contribution in [3.8, 4) is 0 Å². The van der Waals surface area contributed by atoms with Gasteiger partial charge in [0.25, 0.3) is 0 Å². The van der Waals surface area contributed by atoms with Crippen LogP contribution in [0.4, 0.5) is 0 Å². The fraction of sp³-hybridized carbons (Fsp3) is 1.00. The molecule has 11 heavy (non-hydrogen) atoms. The van der Waals surface area contributed by atoms with Crippen molar-refractivity contribution in [1.29, 1.82) is 0 Å². The lowest BCUT2D eigenvalue weighted by Crippen LogP contribution is -2.28. The van der Waals surface area contributed by atoms with Crippen molar-refractivity contribution in [2.45, 2.75) is 18.6 Å². The average molecular weight is 177 g/mol. The van der Waals surface area contributed by atoms with Crippen LogP contribution in [0.15, 0.2) is 0 Å². The average Bonchev–Trinajstić information content (AvgIpc) is 1.99. The van der Waals surface area contributed by atoms with Gasteiger partial charge < -0.3 is 15.2 Å². The number of ether oxygens (including phenoxy) is 1. The summed E-state index contributed by atoms with van der Waals surface area (Å²) in [5.74, 6) is 0. The largest absolute Gasteiger partial charge is 0.389 e. The molecule has 1 atom stereocenters. The molecule has 4 heteroatoms. The molecule has 68 valence electrons. The predicted octanol–water partition coefficient (Wildman–Crippen LogP) is -1.24. The molecular formula is C7H19NO2Si. The SMILES string of the molecule is CNCC(O)COCCC[SiH3]. The highest BCUT2D eigenvalue weighted by Gasteiger charge is 2.00. The lowest BCUT2D eigenvalue weighted by Gasteiger charge is -2.09. The second kappa shape index (κ2) is 8.20. The molecule has 0 aliphatic rings. The van der Waals surface area contributed by atoms with E-state index in [4.69, 9.17) is 9.84 Å². The molecule has 3 nitrogen and oxygen atoms in total. The molecule has 0 radical (unpaired) electrons. The predicted molar refractivity (Wildman–Crippen MR) is 50.1 cm³/mol. The van der Waals surface area contributed by atoms with E-state index in [1.165, 1.54) is 16.3 Å². The Labute approximate surface area is 71.6 Å². The second-order valence-corrected chi connectivity index (χ2v) is 3.64. The smallest absolute Gasteiger partial charge is 0.0897 e. The van der Waals surface area contributed by atoms with Gasteiger partial charge in [0.2, 0.25) is 0 Å². The van der Waals surface area contributed by atoms with Gasteiger partial charge >= 0.3 is 0 Å². The van der Waals surface area contributed by atoms with Crippen LogP contribution in [0.5, 0.6) is 0 Å². The van der Waals surface area contributed by atoms with Gasteiger partial charge in [-0.1, -0.05) is 6.04 Å². The van der Waals surface area contributed by atoms with Gasteiger partial charge in [-0.05, 0) is 13.5 Å². The molecule has 2 N–H and O–H groups in total. The van der Waals surface area contributed by atoms with Gasteiger partial charge in [0.1, 0.15) is 0 Å². The summed E-state index contributed by atoms with van der Waals surface area (Å²) >= 11 is 0. The van der Waals surface area contributed by atoms with Gasteiger partial charge in [-0.25, -0.2) is 0 Å². The van der Waals surface area contributed by atoms with Crippen LogP contribution in [-0.2, 0) is 4.74 Å². The van der Waals surface area contributed by atoms with Gasteiger partial charge in [0, 0.05) is 23.4 Å². The molecule has 0 amide bonds. The first kappa shape index (κ1) is 11.1. The summed E-state index contributed by atoms with van der Waals surface area (Å²) in [5, 5.41) is 12.1. The Hall–Kier alpha value is 0.0969. The summed E-state index contributed by atoms with van der Waals surface area (Å²) in [4.78, 5) is 0. The van der Waals surface area contributed by atoms with Gasteiger partial charge in [-0.2, -0.15) is 0 Å². The fourth-order valence-electron chi connectivity index (χ4n) is 0.760. The maximum Gasteiger partial charge on any atom is 0.0897 e. The molecule has 0 saturated carbocycles. The van der Waals surface area contributed by atoms with Gasteiger partial charge in [-0.3, -0.25) is 0 Å². The molecule has 0 bridgehead atoms. The highest BCUT2D eigenvalue weighted by molar-refractivity contribution is 6.08. The second-order valence-electron chi connectivity index (χ2n) is 2.64. The van der Waals surface area contributed by atoms with E-state index in [9.17, 15) is 0 Å². The highest BCUT2D eigenvalue weighted by atomic mass is 28.1. The summed E-state index contributed by atoms with van der Waals surface area (Å²) in [6.07, 6.45) is 0.785. The van der Waals surface area contributed by atoms with Crippen molar-refractivity contribution in [3.05, 3.63) is 0 Å². The quantitative estimate of drug-likeness (QED) is 0.377. The molecule has 0 heterocycles. The minimum atomic E-state index is -0.353. The molecule has 0 aliphatic carbocycles. The third kappa shape index (κ3) is 8.00. The van der Waals surface area contributed by atoms with E-state index in [0.717, 1.165) is 13.0 Å². The number of hydrogen-bond acceptors (Lipinski definition) is 3. The Morgan fingerprint density at radius 2 is 2.36 bits per heavy atom. The van der Waals surface area contributed by atoms with E-state index in [1.54, 1.807) is 0 Å². The van der Waals surface area contributed by atoms with Crippen LogP contribution in [0.3, 0.4) is 0 Å². The van der Waals surface area contributed by atoms with E-state index < -0.39 is 0 Å². The maximum absolute atomic E-state index is 9.17. The standard InChI is InChI=1S/C7H19NO2Si/c1-8-5-7(9)6-10-3-2-4-11/h7-9H,2-6H2,1,11H3. The van der Waals surface area contributed by atoms with Crippen LogP contribution < -0.4 is 5.32 Å². The molecule has 0 aromatic rings. The lowest BCUT2D eigenvalue weighted by atomic mass is 10.4. The van der Waals surface area contributed by atoms with Gasteiger partial charge in [0.05, 0.1) is 12.7 Å². The van der Waals surface area contributed by atoms with Crippen molar-refractivity contribution in [2.24, 2.45) is 0 Å². The third-order valence-electron chi connectivity index (χ3n) is 1.39. The normalized spacial score (nSPS) is 13.6. The van der Waals surface area contributed by atoms with Crippen molar-refractivity contribution in [3.63, 3.8) is 0 Å². The van der Waals surface area contributed by atoms with Gasteiger partial charge in [0.15, 0.2) is 0 Å². The Kier molecular flexibility index (Phi) is 8.27. The number of rotatable bonds is 7. The molecule has 0 rings (SSSR count). The lowest BCUT2D eigenvalue weighted by molar-refractivity contribution is 0.0383. The van der Waals surface area contributed by atoms with E-state index in [1.807, 2.05) is 7.05 Å². The molecule has 0 aliphatic heterocycles. The molecule has 0 aromatic heterocycles. The molecule has 1 unspecified atom stereocenters. The first-order valence-electron chi connectivity index (χ1n) is 4.21. The zero-order valence-electron chi connectivity index (χ0n) is 7.47. The van der Waals surface area contributed by atoms with Crippen molar-refractivity contribution < 1.29 is 9.84 Å². The Bertz CT molecular complexity index is 82.8. The topological polar surface area (TPSA) is 41.5 Å². The van der Waals surface area contributed by atoms with Crippen LogP contribution in [0, 0.1) is 0 Å². The maximum atomic E-state index is 9.17. The number of aliphatic hydroxyl groups excluding tert-OH is 1. The number of hydrogen-bond donors (Lipinski definition) is 2. The fourth-order valence-corrected chi connectivity index (χ4v) is 1.05. The molecule has 0 fully saturated rings. The zero-order chi connectivity index (χ0) is 8.53. The molecule has 0 aromatic carbocycles. The number of nitrogens with one attached hydrogen (secondary N) is 1.